The first kappa shape index (κ1) is 21.3. The Morgan fingerprint density at radius 3 is 2.17 bits per heavy atom. The number of hydrogen-bond donors (Lipinski definition) is 1. The molecule has 0 unspecified atom stereocenters. The number of hydrogen-bond acceptors (Lipinski definition) is 4. The molecular weight excluding hydrogens is 400 g/mol. The van der Waals surface area contributed by atoms with Crippen LogP contribution in [0.4, 0.5) is 5.69 Å². The molecular formula is C23H22N2O4S. The molecule has 6 nitrogen and oxygen atoms in total. The average Bonchev–Trinajstić information content (AvgIpc) is 2.74. The minimum atomic E-state index is -3.94. The summed E-state index contributed by atoms with van der Waals surface area (Å²) in [5, 5.41) is 3.06. The lowest BCUT2D eigenvalue weighted by molar-refractivity contribution is 0.0526. The molecule has 1 N–H and O–H groups in total. The van der Waals surface area contributed by atoms with Crippen LogP contribution in [0.3, 0.4) is 0 Å². The molecule has 30 heavy (non-hydrogen) atoms. The summed E-state index contributed by atoms with van der Waals surface area (Å²) in [6.07, 6.45) is 0. The van der Waals surface area contributed by atoms with Gasteiger partial charge in [0.15, 0.2) is 5.84 Å². The highest BCUT2D eigenvalue weighted by Gasteiger charge is 2.18. The molecule has 0 saturated carbocycles. The molecule has 0 radical (unpaired) electrons. The van der Waals surface area contributed by atoms with Gasteiger partial charge in [-0.25, -0.2) is 4.79 Å². The summed E-state index contributed by atoms with van der Waals surface area (Å²) in [5.41, 5.74) is 2.23. The Morgan fingerprint density at radius 2 is 1.53 bits per heavy atom. The van der Waals surface area contributed by atoms with Gasteiger partial charge in [-0.1, -0.05) is 48.5 Å². The fourth-order valence-electron chi connectivity index (χ4n) is 2.80. The van der Waals surface area contributed by atoms with Crippen molar-refractivity contribution in [1.29, 1.82) is 0 Å². The Bertz CT molecular complexity index is 1160. The zero-order valence-corrected chi connectivity index (χ0v) is 17.5. The van der Waals surface area contributed by atoms with Gasteiger partial charge in [0.25, 0.3) is 10.0 Å². The number of sulfonamides is 1. The third-order valence-corrected chi connectivity index (χ3v) is 5.73. The van der Waals surface area contributed by atoms with Gasteiger partial charge in [-0.05, 0) is 49.7 Å². The van der Waals surface area contributed by atoms with Gasteiger partial charge in [0.05, 0.1) is 17.1 Å². The number of aryl methyl sites for hydroxylation is 1. The van der Waals surface area contributed by atoms with Crippen molar-refractivity contribution < 1.29 is 17.9 Å². The standard InChI is InChI=1S/C23H22N2O4S/c1-3-29-23(26)19-13-15-20(16-14-19)24-22(18-10-5-4-6-11-18)25-30(27,28)21-12-8-7-9-17(21)2/h4-16H,3H2,1-2H3,(H,24,25). The van der Waals surface area contributed by atoms with E-state index in [1.165, 1.54) is 6.07 Å². The Balaban J connectivity index is 1.98. The van der Waals surface area contributed by atoms with Crippen molar-refractivity contribution in [2.24, 2.45) is 4.40 Å². The maximum absolute atomic E-state index is 13.0. The molecule has 154 valence electrons. The van der Waals surface area contributed by atoms with E-state index in [2.05, 4.69) is 9.71 Å². The molecule has 3 rings (SSSR count). The lowest BCUT2D eigenvalue weighted by atomic mass is 10.2. The quantitative estimate of drug-likeness (QED) is 0.361. The largest absolute Gasteiger partial charge is 0.462 e. The minimum absolute atomic E-state index is 0.151. The summed E-state index contributed by atoms with van der Waals surface area (Å²) in [7, 11) is -3.94. The second-order valence-electron chi connectivity index (χ2n) is 6.47. The first-order valence-electron chi connectivity index (χ1n) is 9.41. The van der Waals surface area contributed by atoms with Crippen LogP contribution in [-0.4, -0.2) is 26.8 Å². The van der Waals surface area contributed by atoms with Crippen LogP contribution >= 0.6 is 0 Å². The van der Waals surface area contributed by atoms with Crippen LogP contribution in [0.25, 0.3) is 0 Å². The van der Waals surface area contributed by atoms with Crippen LogP contribution in [0.2, 0.25) is 0 Å². The van der Waals surface area contributed by atoms with E-state index in [-0.39, 0.29) is 10.7 Å². The van der Waals surface area contributed by atoms with Crippen molar-refractivity contribution in [3.63, 3.8) is 0 Å². The van der Waals surface area contributed by atoms with E-state index in [0.29, 0.717) is 29.0 Å². The summed E-state index contributed by atoms with van der Waals surface area (Å²) < 4.78 is 35.0. The van der Waals surface area contributed by atoms with Gasteiger partial charge in [-0.3, -0.25) is 0 Å². The fourth-order valence-corrected chi connectivity index (χ4v) is 4.01. The summed E-state index contributed by atoms with van der Waals surface area (Å²) in [4.78, 5) is 12.0. The third kappa shape index (κ3) is 5.12. The summed E-state index contributed by atoms with van der Waals surface area (Å²) in [6, 6.07) is 22.3. The predicted molar refractivity (Wildman–Crippen MR) is 117 cm³/mol. The van der Waals surface area contributed by atoms with E-state index in [9.17, 15) is 13.2 Å². The van der Waals surface area contributed by atoms with Gasteiger partial charge in [0, 0.05) is 11.3 Å². The number of amidine groups is 1. The molecule has 0 atom stereocenters. The zero-order chi connectivity index (χ0) is 21.6. The van der Waals surface area contributed by atoms with Gasteiger partial charge in [-0.15, -0.1) is 4.40 Å². The van der Waals surface area contributed by atoms with Gasteiger partial charge in [0.1, 0.15) is 0 Å². The lowest BCUT2D eigenvalue weighted by Crippen LogP contribution is -2.17. The molecule has 0 spiro atoms. The normalized spacial score (nSPS) is 11.7. The molecule has 0 bridgehead atoms. The monoisotopic (exact) mass is 422 g/mol. The van der Waals surface area contributed by atoms with E-state index < -0.39 is 16.0 Å². The lowest BCUT2D eigenvalue weighted by Gasteiger charge is -2.12. The van der Waals surface area contributed by atoms with Crippen LogP contribution < -0.4 is 5.32 Å². The Kier molecular flexibility index (Phi) is 6.64. The smallest absolute Gasteiger partial charge is 0.338 e. The van der Waals surface area contributed by atoms with Crippen molar-refractivity contribution in [3.8, 4) is 0 Å². The average molecular weight is 423 g/mol. The topological polar surface area (TPSA) is 84.8 Å². The van der Waals surface area contributed by atoms with E-state index >= 15 is 0 Å². The maximum atomic E-state index is 13.0. The van der Waals surface area contributed by atoms with Crippen molar-refractivity contribution in [1.82, 2.24) is 0 Å². The Morgan fingerprint density at radius 1 is 0.900 bits per heavy atom. The van der Waals surface area contributed by atoms with Gasteiger partial charge >= 0.3 is 5.97 Å². The first-order chi connectivity index (χ1) is 14.4. The molecule has 0 aliphatic carbocycles. The van der Waals surface area contributed by atoms with E-state index in [1.54, 1.807) is 80.6 Å². The van der Waals surface area contributed by atoms with Crippen LogP contribution in [0.5, 0.6) is 0 Å². The molecule has 0 saturated heterocycles. The summed E-state index contributed by atoms with van der Waals surface area (Å²) >= 11 is 0. The number of carbonyl (C=O) groups excluding carboxylic acids is 1. The second-order valence-corrected chi connectivity index (χ2v) is 8.04. The molecule has 0 aliphatic heterocycles. The molecule has 7 heteroatoms. The number of anilines is 1. The van der Waals surface area contributed by atoms with Crippen molar-refractivity contribution in [3.05, 3.63) is 95.6 Å². The van der Waals surface area contributed by atoms with E-state index in [0.717, 1.165) is 0 Å². The van der Waals surface area contributed by atoms with Crippen LogP contribution in [0.1, 0.15) is 28.4 Å². The van der Waals surface area contributed by atoms with Crippen molar-refractivity contribution >= 4 is 27.5 Å². The van der Waals surface area contributed by atoms with Gasteiger partial charge in [0.2, 0.25) is 0 Å². The molecule has 0 amide bonds. The SMILES string of the molecule is CCOC(=O)c1ccc(N/C(=N\S(=O)(=O)c2ccccc2C)c2ccccc2)cc1. The first-order valence-corrected chi connectivity index (χ1v) is 10.8. The second kappa shape index (κ2) is 9.37. The van der Waals surface area contributed by atoms with Gasteiger partial charge < -0.3 is 10.1 Å². The van der Waals surface area contributed by atoms with Crippen molar-refractivity contribution in [2.45, 2.75) is 18.7 Å². The molecule has 0 aliphatic rings. The fraction of sp³-hybridized carbons (Fsp3) is 0.130. The van der Waals surface area contributed by atoms with E-state index in [4.69, 9.17) is 4.74 Å². The van der Waals surface area contributed by atoms with Gasteiger partial charge in [-0.2, -0.15) is 8.42 Å². The van der Waals surface area contributed by atoms with Crippen molar-refractivity contribution in [2.75, 3.05) is 11.9 Å². The molecule has 0 heterocycles. The molecule has 0 fully saturated rings. The van der Waals surface area contributed by atoms with Crippen LogP contribution in [0.15, 0.2) is 88.2 Å². The Labute approximate surface area is 176 Å². The number of nitrogens with zero attached hydrogens (tertiary/aromatic N) is 1. The number of carbonyl (C=O) groups is 1. The number of benzene rings is 3. The molecule has 0 aromatic heterocycles. The number of ether oxygens (including phenoxy) is 1. The number of esters is 1. The number of nitrogens with one attached hydrogen (secondary N) is 1. The molecule has 3 aromatic rings. The highest BCUT2D eigenvalue weighted by Crippen LogP contribution is 2.19. The minimum Gasteiger partial charge on any atom is -0.462 e. The highest BCUT2D eigenvalue weighted by molar-refractivity contribution is 7.90. The highest BCUT2D eigenvalue weighted by atomic mass is 32.2. The summed E-state index contributed by atoms with van der Waals surface area (Å²) in [5.74, 6) is -0.231. The van der Waals surface area contributed by atoms with E-state index in [1.807, 2.05) is 6.07 Å². The van der Waals surface area contributed by atoms with Crippen LogP contribution in [0, 0.1) is 6.92 Å². The number of rotatable bonds is 6. The maximum Gasteiger partial charge on any atom is 0.338 e. The third-order valence-electron chi connectivity index (χ3n) is 4.29. The van der Waals surface area contributed by atoms with Crippen LogP contribution in [-0.2, 0) is 14.8 Å². The summed E-state index contributed by atoms with van der Waals surface area (Å²) in [6.45, 7) is 3.76. The predicted octanol–water partition coefficient (Wildman–Crippen LogP) is 4.42. The molecule has 3 aromatic carbocycles. The zero-order valence-electron chi connectivity index (χ0n) is 16.7. The Hall–Kier alpha value is -3.45.